The topological polar surface area (TPSA) is 78.0 Å². The van der Waals surface area contributed by atoms with Crippen LogP contribution in [-0.2, 0) is 25.7 Å². The molecule has 0 N–H and O–H groups in total. The summed E-state index contributed by atoms with van der Waals surface area (Å²) in [6, 6.07) is 9.37. The molecule has 0 aliphatic carbocycles. The molecule has 0 bridgehead atoms. The van der Waals surface area contributed by atoms with E-state index in [1.54, 1.807) is 0 Å². The lowest BCUT2D eigenvalue weighted by atomic mass is 10.2. The minimum absolute atomic E-state index is 0.0884. The van der Waals surface area contributed by atoms with E-state index in [1.165, 1.54) is 17.9 Å². The SMILES string of the molecule is CN(C(=O)CC=C=O)N1CC(=O)N(Cc2ccccc2)CC1=O. The average molecular weight is 315 g/mol. The number of rotatable bonds is 5. The van der Waals surface area contributed by atoms with E-state index in [0.717, 1.165) is 21.7 Å². The molecule has 2 rings (SSSR count). The molecule has 1 heterocycles. The maximum atomic E-state index is 12.2. The van der Waals surface area contributed by atoms with E-state index in [-0.39, 0.29) is 31.3 Å². The third-order valence-corrected chi connectivity index (χ3v) is 3.55. The molecule has 3 amide bonds. The van der Waals surface area contributed by atoms with E-state index in [4.69, 9.17) is 0 Å². The maximum absolute atomic E-state index is 12.2. The van der Waals surface area contributed by atoms with Gasteiger partial charge >= 0.3 is 0 Å². The minimum atomic E-state index is -0.453. The zero-order chi connectivity index (χ0) is 16.8. The first-order valence-corrected chi connectivity index (χ1v) is 7.11. The summed E-state index contributed by atoms with van der Waals surface area (Å²) < 4.78 is 0. The molecule has 1 aromatic carbocycles. The van der Waals surface area contributed by atoms with E-state index in [0.29, 0.717) is 6.54 Å². The number of amides is 3. The van der Waals surface area contributed by atoms with Crippen molar-refractivity contribution in [1.29, 1.82) is 0 Å². The molecule has 1 aromatic rings. The van der Waals surface area contributed by atoms with Gasteiger partial charge in [0.1, 0.15) is 19.0 Å². The number of hydrogen-bond acceptors (Lipinski definition) is 4. The lowest BCUT2D eigenvalue weighted by molar-refractivity contribution is -0.171. The van der Waals surface area contributed by atoms with Crippen molar-refractivity contribution in [2.75, 3.05) is 20.1 Å². The molecule has 120 valence electrons. The standard InChI is InChI=1S/C16H17N3O4/c1-17(14(21)8-5-9-20)19-12-15(22)18(11-16(19)23)10-13-6-3-2-4-7-13/h2-7H,8,10-12H2,1H3. The largest absolute Gasteiger partial charge is 0.327 e. The van der Waals surface area contributed by atoms with Gasteiger partial charge in [0.2, 0.25) is 11.8 Å². The number of benzene rings is 1. The zero-order valence-corrected chi connectivity index (χ0v) is 12.8. The fourth-order valence-electron chi connectivity index (χ4n) is 2.27. The highest BCUT2D eigenvalue weighted by atomic mass is 16.2. The van der Waals surface area contributed by atoms with Crippen LogP contribution in [-0.4, -0.2) is 58.7 Å². The van der Waals surface area contributed by atoms with Crippen LogP contribution in [0.25, 0.3) is 0 Å². The summed E-state index contributed by atoms with van der Waals surface area (Å²) in [5.74, 6) is 0.479. The average Bonchev–Trinajstić information content (AvgIpc) is 2.56. The molecule has 0 aromatic heterocycles. The van der Waals surface area contributed by atoms with Crippen molar-refractivity contribution in [2.24, 2.45) is 0 Å². The molecule has 0 spiro atoms. The molecule has 23 heavy (non-hydrogen) atoms. The molecule has 0 radical (unpaired) electrons. The monoisotopic (exact) mass is 315 g/mol. The Balaban J connectivity index is 2.01. The van der Waals surface area contributed by atoms with E-state index in [2.05, 4.69) is 0 Å². The van der Waals surface area contributed by atoms with Gasteiger partial charge in [-0.3, -0.25) is 19.4 Å². The Morgan fingerprint density at radius 1 is 1.22 bits per heavy atom. The highest BCUT2D eigenvalue weighted by molar-refractivity contribution is 5.94. The summed E-state index contributed by atoms with van der Waals surface area (Å²) in [7, 11) is 1.40. The molecule has 0 unspecified atom stereocenters. The Bertz CT molecular complexity index is 653. The number of carbonyl (C=O) groups is 3. The quantitative estimate of drug-likeness (QED) is 0.717. The van der Waals surface area contributed by atoms with Gasteiger partial charge in [-0.25, -0.2) is 9.80 Å². The van der Waals surface area contributed by atoms with Crippen LogP contribution in [0.4, 0.5) is 0 Å². The minimum Gasteiger partial charge on any atom is -0.327 e. The van der Waals surface area contributed by atoms with Crippen LogP contribution in [0, 0.1) is 0 Å². The molecule has 1 aliphatic heterocycles. The lowest BCUT2D eigenvalue weighted by Gasteiger charge is -2.38. The van der Waals surface area contributed by atoms with Gasteiger partial charge in [-0.15, -0.1) is 0 Å². The Morgan fingerprint density at radius 2 is 1.91 bits per heavy atom. The summed E-state index contributed by atoms with van der Waals surface area (Å²) in [6.07, 6.45) is 0.877. The third-order valence-electron chi connectivity index (χ3n) is 3.55. The van der Waals surface area contributed by atoms with Crippen molar-refractivity contribution in [3.8, 4) is 0 Å². The molecule has 0 saturated carbocycles. The molecule has 7 heteroatoms. The van der Waals surface area contributed by atoms with Crippen molar-refractivity contribution >= 4 is 23.7 Å². The van der Waals surface area contributed by atoms with Crippen molar-refractivity contribution in [1.82, 2.24) is 14.9 Å². The van der Waals surface area contributed by atoms with Gasteiger partial charge in [-0.05, 0) is 5.56 Å². The summed E-state index contributed by atoms with van der Waals surface area (Å²) >= 11 is 0. The van der Waals surface area contributed by atoms with Gasteiger partial charge in [0.15, 0.2) is 0 Å². The van der Waals surface area contributed by atoms with Crippen molar-refractivity contribution in [2.45, 2.75) is 13.0 Å². The fourth-order valence-corrected chi connectivity index (χ4v) is 2.27. The van der Waals surface area contributed by atoms with Crippen LogP contribution in [0.2, 0.25) is 0 Å². The molecular weight excluding hydrogens is 298 g/mol. The first-order valence-electron chi connectivity index (χ1n) is 7.11. The van der Waals surface area contributed by atoms with Crippen LogP contribution in [0.3, 0.4) is 0 Å². The van der Waals surface area contributed by atoms with Gasteiger partial charge < -0.3 is 4.90 Å². The number of hydrogen-bond donors (Lipinski definition) is 0. The number of piperazine rings is 1. The summed E-state index contributed by atoms with van der Waals surface area (Å²) in [4.78, 5) is 47.9. The molecule has 0 atom stereocenters. The Kier molecular flexibility index (Phi) is 5.28. The second-order valence-corrected chi connectivity index (χ2v) is 5.13. The number of hydrazine groups is 1. The normalized spacial score (nSPS) is 14.5. The number of carbonyl (C=O) groups excluding carboxylic acids is 4. The Hall–Kier alpha value is -2.92. The smallest absolute Gasteiger partial charge is 0.261 e. The molecule has 1 aliphatic rings. The van der Waals surface area contributed by atoms with Gasteiger partial charge in [-0.2, -0.15) is 0 Å². The Labute approximate surface area is 133 Å². The summed E-state index contributed by atoms with van der Waals surface area (Å²) in [6.45, 7) is 0.0678. The third kappa shape index (κ3) is 4.05. The maximum Gasteiger partial charge on any atom is 0.261 e. The fraction of sp³-hybridized carbons (Fsp3) is 0.312. The van der Waals surface area contributed by atoms with E-state index in [1.807, 2.05) is 30.3 Å². The molecule has 1 fully saturated rings. The van der Waals surface area contributed by atoms with Gasteiger partial charge in [0.05, 0.1) is 6.42 Å². The van der Waals surface area contributed by atoms with Crippen molar-refractivity contribution < 1.29 is 19.2 Å². The Morgan fingerprint density at radius 3 is 2.57 bits per heavy atom. The van der Waals surface area contributed by atoms with Crippen LogP contribution in [0.5, 0.6) is 0 Å². The van der Waals surface area contributed by atoms with Crippen molar-refractivity contribution in [3.63, 3.8) is 0 Å². The van der Waals surface area contributed by atoms with E-state index >= 15 is 0 Å². The molecular formula is C16H17N3O4. The first kappa shape index (κ1) is 16.5. The van der Waals surface area contributed by atoms with E-state index in [9.17, 15) is 19.2 Å². The molecule has 1 saturated heterocycles. The highest BCUT2D eigenvalue weighted by Crippen LogP contribution is 2.12. The van der Waals surface area contributed by atoms with Crippen LogP contribution >= 0.6 is 0 Å². The first-order chi connectivity index (χ1) is 11.0. The van der Waals surface area contributed by atoms with E-state index < -0.39 is 5.91 Å². The molecule has 7 nitrogen and oxygen atoms in total. The van der Waals surface area contributed by atoms with Gasteiger partial charge in [0.25, 0.3) is 5.91 Å². The predicted molar refractivity (Wildman–Crippen MR) is 81.2 cm³/mol. The van der Waals surface area contributed by atoms with Crippen molar-refractivity contribution in [3.05, 3.63) is 42.0 Å². The zero-order valence-electron chi connectivity index (χ0n) is 12.8. The predicted octanol–water partition coefficient (Wildman–Crippen LogP) is 0.00870. The summed E-state index contributed by atoms with van der Waals surface area (Å²) in [5, 5.41) is 2.18. The van der Waals surface area contributed by atoms with Gasteiger partial charge in [0, 0.05) is 19.7 Å². The number of nitrogens with zero attached hydrogens (tertiary/aromatic N) is 3. The highest BCUT2D eigenvalue weighted by Gasteiger charge is 2.33. The second-order valence-electron chi connectivity index (χ2n) is 5.13. The van der Waals surface area contributed by atoms with Crippen LogP contribution in [0.1, 0.15) is 12.0 Å². The lowest BCUT2D eigenvalue weighted by Crippen LogP contribution is -2.59. The van der Waals surface area contributed by atoms with Crippen LogP contribution < -0.4 is 0 Å². The second kappa shape index (κ2) is 7.38. The van der Waals surface area contributed by atoms with Gasteiger partial charge in [-0.1, -0.05) is 30.3 Å². The van der Waals surface area contributed by atoms with Crippen LogP contribution in [0.15, 0.2) is 36.4 Å². The summed E-state index contributed by atoms with van der Waals surface area (Å²) in [5.41, 5.74) is 0.933.